The molecule has 4 heteroatoms. The van der Waals surface area contributed by atoms with Crippen LogP contribution in [0.4, 0.5) is 10.1 Å². The Morgan fingerprint density at radius 2 is 2.19 bits per heavy atom. The smallest absolute Gasteiger partial charge is 0.146 e. The quantitative estimate of drug-likeness (QED) is 0.858. The summed E-state index contributed by atoms with van der Waals surface area (Å²) in [6.45, 7) is 2.39. The molecule has 0 aliphatic rings. The summed E-state index contributed by atoms with van der Waals surface area (Å²) >= 11 is 0. The van der Waals surface area contributed by atoms with Crippen molar-refractivity contribution in [2.75, 3.05) is 5.32 Å². The molecule has 0 spiro atoms. The average Bonchev–Trinajstić information content (AvgIpc) is 2.32. The van der Waals surface area contributed by atoms with Crippen LogP contribution < -0.4 is 5.32 Å². The molecule has 0 radical (unpaired) electrons. The molecular formula is C12H12FN3. The van der Waals surface area contributed by atoms with Gasteiger partial charge in [0.2, 0.25) is 0 Å². The van der Waals surface area contributed by atoms with E-state index in [2.05, 4.69) is 15.3 Å². The van der Waals surface area contributed by atoms with Crippen LogP contribution in [-0.4, -0.2) is 9.97 Å². The van der Waals surface area contributed by atoms with Gasteiger partial charge in [0.1, 0.15) is 5.82 Å². The molecule has 0 bridgehead atoms. The van der Waals surface area contributed by atoms with Gasteiger partial charge in [0.05, 0.1) is 24.1 Å². The van der Waals surface area contributed by atoms with Crippen molar-refractivity contribution in [1.29, 1.82) is 0 Å². The molecule has 0 atom stereocenters. The van der Waals surface area contributed by atoms with Gasteiger partial charge in [-0.2, -0.15) is 0 Å². The summed E-state index contributed by atoms with van der Waals surface area (Å²) < 4.78 is 13.4. The number of nitrogens with zero attached hydrogens (tertiary/aromatic N) is 2. The molecule has 0 aliphatic carbocycles. The highest BCUT2D eigenvalue weighted by Gasteiger charge is 2.01. The van der Waals surface area contributed by atoms with Crippen LogP contribution in [0.25, 0.3) is 0 Å². The second-order valence-electron chi connectivity index (χ2n) is 3.53. The van der Waals surface area contributed by atoms with Crippen LogP contribution in [0.2, 0.25) is 0 Å². The molecule has 82 valence electrons. The summed E-state index contributed by atoms with van der Waals surface area (Å²) in [7, 11) is 0. The van der Waals surface area contributed by atoms with Crippen molar-refractivity contribution in [2.24, 2.45) is 0 Å². The van der Waals surface area contributed by atoms with Crippen molar-refractivity contribution >= 4 is 5.69 Å². The molecule has 0 amide bonds. The fourth-order valence-corrected chi connectivity index (χ4v) is 1.38. The third-order valence-corrected chi connectivity index (χ3v) is 2.20. The lowest BCUT2D eigenvalue weighted by atomic mass is 10.2. The second-order valence-corrected chi connectivity index (χ2v) is 3.53. The highest BCUT2D eigenvalue weighted by molar-refractivity contribution is 5.47. The predicted octanol–water partition coefficient (Wildman–Crippen LogP) is 2.54. The van der Waals surface area contributed by atoms with Crippen LogP contribution in [0.15, 0.2) is 36.8 Å². The van der Waals surface area contributed by atoms with Crippen molar-refractivity contribution in [3.8, 4) is 0 Å². The number of hydrogen-bond donors (Lipinski definition) is 1. The summed E-state index contributed by atoms with van der Waals surface area (Å²) in [5.41, 5.74) is 2.29. The Morgan fingerprint density at radius 1 is 1.31 bits per heavy atom. The summed E-state index contributed by atoms with van der Waals surface area (Å²) in [5.74, 6) is -0.255. The molecule has 16 heavy (non-hydrogen) atoms. The lowest BCUT2D eigenvalue weighted by Gasteiger charge is -2.07. The van der Waals surface area contributed by atoms with Crippen LogP contribution in [-0.2, 0) is 6.54 Å². The average molecular weight is 217 g/mol. The number of nitrogens with one attached hydrogen (secondary N) is 1. The molecule has 0 unspecified atom stereocenters. The van der Waals surface area contributed by atoms with Gasteiger partial charge in [-0.1, -0.05) is 6.07 Å². The molecular weight excluding hydrogens is 205 g/mol. The summed E-state index contributed by atoms with van der Waals surface area (Å²) in [5, 5.41) is 2.99. The first-order valence-corrected chi connectivity index (χ1v) is 5.00. The van der Waals surface area contributed by atoms with Crippen LogP contribution in [0.1, 0.15) is 11.3 Å². The van der Waals surface area contributed by atoms with Crippen molar-refractivity contribution < 1.29 is 4.39 Å². The topological polar surface area (TPSA) is 37.8 Å². The highest BCUT2D eigenvalue weighted by atomic mass is 19.1. The van der Waals surface area contributed by atoms with E-state index in [1.165, 1.54) is 6.07 Å². The number of anilines is 1. The van der Waals surface area contributed by atoms with Crippen molar-refractivity contribution in [1.82, 2.24) is 9.97 Å². The van der Waals surface area contributed by atoms with E-state index in [0.717, 1.165) is 11.3 Å². The number of hydrogen-bond acceptors (Lipinski definition) is 3. The largest absolute Gasteiger partial charge is 0.377 e. The fraction of sp³-hybridized carbons (Fsp3) is 0.167. The first-order valence-electron chi connectivity index (χ1n) is 5.00. The second kappa shape index (κ2) is 4.70. The van der Waals surface area contributed by atoms with E-state index in [4.69, 9.17) is 0 Å². The monoisotopic (exact) mass is 217 g/mol. The van der Waals surface area contributed by atoms with Gasteiger partial charge in [-0.05, 0) is 24.6 Å². The molecule has 0 fully saturated rings. The van der Waals surface area contributed by atoms with E-state index in [1.54, 1.807) is 30.7 Å². The number of rotatable bonds is 3. The molecule has 1 heterocycles. The SMILES string of the molecule is Cc1ccc(F)c(NCc2cnccn2)c1. The van der Waals surface area contributed by atoms with Crippen LogP contribution in [0, 0.1) is 12.7 Å². The van der Waals surface area contributed by atoms with Gasteiger partial charge in [-0.25, -0.2) is 4.39 Å². The number of halogens is 1. The molecule has 1 aromatic heterocycles. The maximum absolute atomic E-state index is 13.4. The van der Waals surface area contributed by atoms with Gasteiger partial charge in [-0.15, -0.1) is 0 Å². The fourth-order valence-electron chi connectivity index (χ4n) is 1.38. The van der Waals surface area contributed by atoms with Crippen LogP contribution in [0.5, 0.6) is 0 Å². The van der Waals surface area contributed by atoms with E-state index in [0.29, 0.717) is 12.2 Å². The molecule has 2 aromatic rings. The Balaban J connectivity index is 2.08. The number of benzene rings is 1. The minimum absolute atomic E-state index is 0.255. The standard InChI is InChI=1S/C12H12FN3/c1-9-2-3-11(13)12(6-9)16-8-10-7-14-4-5-15-10/h2-7,16H,8H2,1H3. The normalized spacial score (nSPS) is 10.1. The lowest BCUT2D eigenvalue weighted by Crippen LogP contribution is -2.03. The number of aryl methyl sites for hydroxylation is 1. The molecule has 1 N–H and O–H groups in total. The maximum atomic E-state index is 13.4. The van der Waals surface area contributed by atoms with Gasteiger partial charge >= 0.3 is 0 Å². The number of aromatic nitrogens is 2. The molecule has 0 saturated heterocycles. The van der Waals surface area contributed by atoms with Crippen molar-refractivity contribution in [3.05, 3.63) is 53.9 Å². The molecule has 2 rings (SSSR count). The van der Waals surface area contributed by atoms with E-state index < -0.39 is 0 Å². The summed E-state index contributed by atoms with van der Waals surface area (Å²) in [4.78, 5) is 8.04. The van der Waals surface area contributed by atoms with Crippen molar-refractivity contribution in [3.63, 3.8) is 0 Å². The first kappa shape index (κ1) is 10.5. The minimum Gasteiger partial charge on any atom is -0.377 e. The van der Waals surface area contributed by atoms with E-state index in [1.807, 2.05) is 6.92 Å². The Kier molecular flexibility index (Phi) is 3.10. The van der Waals surface area contributed by atoms with E-state index in [9.17, 15) is 4.39 Å². The highest BCUT2D eigenvalue weighted by Crippen LogP contribution is 2.16. The van der Waals surface area contributed by atoms with Gasteiger partial charge < -0.3 is 5.32 Å². The van der Waals surface area contributed by atoms with E-state index >= 15 is 0 Å². The Hall–Kier alpha value is -1.97. The van der Waals surface area contributed by atoms with Gasteiger partial charge in [0.25, 0.3) is 0 Å². The maximum Gasteiger partial charge on any atom is 0.146 e. The van der Waals surface area contributed by atoms with Gasteiger partial charge in [0, 0.05) is 12.4 Å². The zero-order chi connectivity index (χ0) is 11.4. The Bertz CT molecular complexity index is 471. The van der Waals surface area contributed by atoms with Crippen LogP contribution in [0.3, 0.4) is 0 Å². The minimum atomic E-state index is -0.255. The summed E-state index contributed by atoms with van der Waals surface area (Å²) in [6, 6.07) is 4.96. The van der Waals surface area contributed by atoms with Crippen molar-refractivity contribution in [2.45, 2.75) is 13.5 Å². The molecule has 0 saturated carbocycles. The zero-order valence-corrected chi connectivity index (χ0v) is 8.94. The zero-order valence-electron chi connectivity index (χ0n) is 8.94. The first-order chi connectivity index (χ1) is 7.75. The third-order valence-electron chi connectivity index (χ3n) is 2.20. The Morgan fingerprint density at radius 3 is 2.94 bits per heavy atom. The van der Waals surface area contributed by atoms with Gasteiger partial charge in [-0.3, -0.25) is 9.97 Å². The molecule has 3 nitrogen and oxygen atoms in total. The lowest BCUT2D eigenvalue weighted by molar-refractivity contribution is 0.629. The Labute approximate surface area is 93.4 Å². The van der Waals surface area contributed by atoms with E-state index in [-0.39, 0.29) is 5.82 Å². The predicted molar refractivity (Wildman–Crippen MR) is 60.5 cm³/mol. The summed E-state index contributed by atoms with van der Waals surface area (Å²) in [6.07, 6.45) is 4.88. The van der Waals surface area contributed by atoms with Gasteiger partial charge in [0.15, 0.2) is 0 Å². The molecule has 1 aromatic carbocycles. The third kappa shape index (κ3) is 2.53. The molecule has 0 aliphatic heterocycles. The van der Waals surface area contributed by atoms with Crippen LogP contribution >= 0.6 is 0 Å².